The standard InChI is InChI=1S/C17H17F3N8O2/c18-17(19,20)11-2-1-5-27(11)14-24-12-8(6-10-13(29)25-16(30)23-10)7-21-28(12)15(26-14)22-9-3-4-9/h6-7,9,11,29H,1-5H2,(H2,23,25,30). The second-order valence-electron chi connectivity index (χ2n) is 7.40. The molecule has 1 atom stereocenters. The third-order valence-electron chi connectivity index (χ3n) is 5.13. The number of hydrogen-bond acceptors (Lipinski definition) is 7. The molecule has 3 aromatic rings. The molecule has 1 unspecified atom stereocenters. The van der Waals surface area contributed by atoms with Gasteiger partial charge in [0, 0.05) is 11.8 Å². The summed E-state index contributed by atoms with van der Waals surface area (Å²) in [4.78, 5) is 30.3. The Hall–Kier alpha value is -3.38. The number of anilines is 1. The lowest BCUT2D eigenvalue weighted by molar-refractivity contribution is -0.146. The van der Waals surface area contributed by atoms with E-state index in [1.807, 2.05) is 0 Å². The molecular formula is C17H17F3N8O2. The SMILES string of the molecule is O=c1[nH]c(O)c(C=c2cnn3c(=NC4CC4)nc(N4CCCC4C(F)(F)F)nc23)[nH]1. The first kappa shape index (κ1) is 18.6. The zero-order valence-electron chi connectivity index (χ0n) is 15.5. The minimum absolute atomic E-state index is 0.0240. The average Bonchev–Trinajstić information content (AvgIpc) is 3.07. The summed E-state index contributed by atoms with van der Waals surface area (Å²) < 4.78 is 41.8. The molecule has 4 heterocycles. The van der Waals surface area contributed by atoms with Gasteiger partial charge in [-0.2, -0.15) is 32.8 Å². The monoisotopic (exact) mass is 422 g/mol. The second-order valence-corrected chi connectivity index (χ2v) is 7.40. The molecule has 158 valence electrons. The Morgan fingerprint density at radius 2 is 2.03 bits per heavy atom. The van der Waals surface area contributed by atoms with Crippen LogP contribution < -0.4 is 21.4 Å². The third-order valence-corrected chi connectivity index (χ3v) is 5.13. The first-order valence-corrected chi connectivity index (χ1v) is 9.45. The molecule has 5 rings (SSSR count). The predicted octanol–water partition coefficient (Wildman–Crippen LogP) is -0.0118. The number of fused-ring (bicyclic) bond motifs is 1. The van der Waals surface area contributed by atoms with E-state index < -0.39 is 17.9 Å². The van der Waals surface area contributed by atoms with Crippen LogP contribution in [0.25, 0.3) is 11.7 Å². The van der Waals surface area contributed by atoms with Gasteiger partial charge in [0.05, 0.1) is 12.2 Å². The van der Waals surface area contributed by atoms with Crippen molar-refractivity contribution in [2.75, 3.05) is 11.4 Å². The highest BCUT2D eigenvalue weighted by Crippen LogP contribution is 2.34. The number of rotatable bonds is 3. The van der Waals surface area contributed by atoms with E-state index >= 15 is 0 Å². The highest BCUT2D eigenvalue weighted by molar-refractivity contribution is 5.57. The summed E-state index contributed by atoms with van der Waals surface area (Å²) in [6.45, 7) is 0.183. The number of alkyl halides is 3. The quantitative estimate of drug-likeness (QED) is 0.545. The molecule has 2 aliphatic rings. The highest BCUT2D eigenvalue weighted by Gasteiger charge is 2.47. The van der Waals surface area contributed by atoms with Gasteiger partial charge in [0.15, 0.2) is 5.65 Å². The minimum atomic E-state index is -4.40. The van der Waals surface area contributed by atoms with Crippen molar-refractivity contribution in [1.29, 1.82) is 0 Å². The maximum atomic E-state index is 13.5. The zero-order valence-corrected chi connectivity index (χ0v) is 15.5. The Labute approximate surface area is 165 Å². The van der Waals surface area contributed by atoms with Gasteiger partial charge in [-0.3, -0.25) is 4.98 Å². The molecule has 3 N–H and O–H groups in total. The van der Waals surface area contributed by atoms with Gasteiger partial charge in [0.2, 0.25) is 11.8 Å². The van der Waals surface area contributed by atoms with Crippen molar-refractivity contribution >= 4 is 17.7 Å². The molecule has 3 aromatic heterocycles. The Morgan fingerprint density at radius 1 is 1.23 bits per heavy atom. The van der Waals surface area contributed by atoms with Gasteiger partial charge in [0.1, 0.15) is 11.7 Å². The smallest absolute Gasteiger partial charge is 0.408 e. The van der Waals surface area contributed by atoms with Crippen molar-refractivity contribution in [3.8, 4) is 5.88 Å². The average molecular weight is 422 g/mol. The van der Waals surface area contributed by atoms with Crippen LogP contribution in [0.3, 0.4) is 0 Å². The van der Waals surface area contributed by atoms with Crippen LogP contribution in [-0.4, -0.2) is 59.5 Å². The van der Waals surface area contributed by atoms with Gasteiger partial charge < -0.3 is 15.0 Å². The molecule has 0 amide bonds. The van der Waals surface area contributed by atoms with E-state index in [1.54, 1.807) is 0 Å². The van der Waals surface area contributed by atoms with Crippen LogP contribution in [0.15, 0.2) is 16.0 Å². The fourth-order valence-electron chi connectivity index (χ4n) is 3.54. The fourth-order valence-corrected chi connectivity index (χ4v) is 3.54. The van der Waals surface area contributed by atoms with Crippen LogP contribution >= 0.6 is 0 Å². The Bertz CT molecular complexity index is 1290. The molecular weight excluding hydrogens is 405 g/mol. The normalized spacial score (nSPS) is 21.3. The van der Waals surface area contributed by atoms with Crippen molar-refractivity contribution in [2.45, 2.75) is 43.9 Å². The summed E-state index contributed by atoms with van der Waals surface area (Å²) in [5.74, 6) is -0.433. The van der Waals surface area contributed by atoms with Gasteiger partial charge in [0.25, 0.3) is 5.62 Å². The zero-order chi connectivity index (χ0) is 21.0. The Kier molecular flexibility index (Phi) is 4.08. The van der Waals surface area contributed by atoms with E-state index in [4.69, 9.17) is 0 Å². The van der Waals surface area contributed by atoms with Crippen molar-refractivity contribution in [3.05, 3.63) is 33.2 Å². The number of nitrogens with zero attached hydrogens (tertiary/aromatic N) is 6. The van der Waals surface area contributed by atoms with Crippen molar-refractivity contribution < 1.29 is 18.3 Å². The maximum absolute atomic E-state index is 13.5. The van der Waals surface area contributed by atoms with Gasteiger partial charge in [-0.05, 0) is 31.8 Å². The van der Waals surface area contributed by atoms with Crippen molar-refractivity contribution in [1.82, 2.24) is 29.5 Å². The van der Waals surface area contributed by atoms with Crippen LogP contribution in [-0.2, 0) is 0 Å². The summed E-state index contributed by atoms with van der Waals surface area (Å²) in [5.41, 5.74) is -0.0874. The molecule has 1 aliphatic heterocycles. The van der Waals surface area contributed by atoms with Gasteiger partial charge in [-0.1, -0.05) is 0 Å². The number of imidazole rings is 1. The molecule has 1 saturated heterocycles. The van der Waals surface area contributed by atoms with Crippen molar-refractivity contribution in [3.63, 3.8) is 0 Å². The summed E-state index contributed by atoms with van der Waals surface area (Å²) in [6.07, 6.45) is 0.580. The molecule has 0 aromatic carbocycles. The summed E-state index contributed by atoms with van der Waals surface area (Å²) in [7, 11) is 0. The number of aromatic amines is 2. The number of aromatic hydroxyl groups is 1. The number of nitrogens with one attached hydrogen (secondary N) is 2. The van der Waals surface area contributed by atoms with Crippen LogP contribution in [0.2, 0.25) is 0 Å². The largest absolute Gasteiger partial charge is 0.493 e. The van der Waals surface area contributed by atoms with Gasteiger partial charge in [-0.25, -0.2) is 9.79 Å². The van der Waals surface area contributed by atoms with E-state index in [-0.39, 0.29) is 47.8 Å². The van der Waals surface area contributed by atoms with E-state index in [0.717, 1.165) is 17.7 Å². The summed E-state index contributed by atoms with van der Waals surface area (Å²) >= 11 is 0. The van der Waals surface area contributed by atoms with E-state index in [2.05, 4.69) is 30.0 Å². The Morgan fingerprint density at radius 3 is 2.70 bits per heavy atom. The number of hydrogen-bond donors (Lipinski definition) is 3. The summed E-state index contributed by atoms with van der Waals surface area (Å²) in [6, 6.07) is -1.59. The van der Waals surface area contributed by atoms with Crippen molar-refractivity contribution in [2.24, 2.45) is 4.99 Å². The lowest BCUT2D eigenvalue weighted by Crippen LogP contribution is -2.43. The molecule has 30 heavy (non-hydrogen) atoms. The van der Waals surface area contributed by atoms with Crippen LogP contribution in [0.5, 0.6) is 5.88 Å². The number of aromatic nitrogens is 6. The molecule has 1 aliphatic carbocycles. The van der Waals surface area contributed by atoms with Crippen LogP contribution in [0, 0.1) is 0 Å². The number of halogens is 3. The summed E-state index contributed by atoms with van der Waals surface area (Å²) in [5, 5.41) is 14.4. The first-order chi connectivity index (χ1) is 14.3. The lowest BCUT2D eigenvalue weighted by atomic mass is 10.2. The lowest BCUT2D eigenvalue weighted by Gasteiger charge is -2.26. The van der Waals surface area contributed by atoms with Crippen LogP contribution in [0.4, 0.5) is 19.1 Å². The highest BCUT2D eigenvalue weighted by atomic mass is 19.4. The molecule has 0 spiro atoms. The maximum Gasteiger partial charge on any atom is 0.408 e. The number of H-pyrrole nitrogens is 2. The topological polar surface area (TPSA) is 128 Å². The molecule has 10 nitrogen and oxygen atoms in total. The van der Waals surface area contributed by atoms with E-state index in [1.165, 1.54) is 16.8 Å². The molecule has 1 saturated carbocycles. The molecule has 2 fully saturated rings. The van der Waals surface area contributed by atoms with Gasteiger partial charge >= 0.3 is 11.9 Å². The van der Waals surface area contributed by atoms with Crippen LogP contribution in [0.1, 0.15) is 31.4 Å². The third kappa shape index (κ3) is 3.29. The van der Waals surface area contributed by atoms with E-state index in [9.17, 15) is 23.1 Å². The van der Waals surface area contributed by atoms with Gasteiger partial charge in [-0.15, -0.1) is 0 Å². The van der Waals surface area contributed by atoms with E-state index in [0.29, 0.717) is 11.6 Å². The first-order valence-electron chi connectivity index (χ1n) is 9.45. The Balaban J connectivity index is 1.71. The molecule has 0 radical (unpaired) electrons. The fraction of sp³-hybridized carbons (Fsp3) is 0.471. The minimum Gasteiger partial charge on any atom is -0.493 e. The predicted molar refractivity (Wildman–Crippen MR) is 97.7 cm³/mol. The second kappa shape index (κ2) is 6.57. The molecule has 0 bridgehead atoms. The molecule has 13 heteroatoms.